The first-order chi connectivity index (χ1) is 11.3. The molecule has 0 radical (unpaired) electrons. The van der Waals surface area contributed by atoms with Crippen LogP contribution in [0.15, 0.2) is 18.2 Å². The normalized spacial score (nSPS) is 19.3. The molecule has 24 heavy (non-hydrogen) atoms. The maximum Gasteiger partial charge on any atom is 0.281 e. The summed E-state index contributed by atoms with van der Waals surface area (Å²) in [6.45, 7) is 0.583. The van der Waals surface area contributed by atoms with Crippen molar-refractivity contribution < 1.29 is 17.9 Å². The zero-order chi connectivity index (χ0) is 17.9. The average Bonchev–Trinajstić information content (AvgIpc) is 2.55. The molecule has 1 aromatic rings. The highest BCUT2D eigenvalue weighted by atomic mass is 35.5. The Hall–Kier alpha value is -1.35. The number of nitrogens with zero attached hydrogens (tertiary/aromatic N) is 2. The highest BCUT2D eigenvalue weighted by Crippen LogP contribution is 2.29. The molecule has 1 aliphatic heterocycles. The molecule has 9 heteroatoms. The van der Waals surface area contributed by atoms with Crippen molar-refractivity contribution >= 4 is 33.4 Å². The summed E-state index contributed by atoms with van der Waals surface area (Å²) in [6, 6.07) is 4.94. The van der Waals surface area contributed by atoms with Gasteiger partial charge in [0.1, 0.15) is 5.75 Å². The molecule has 0 unspecified atom stereocenters. The number of benzene rings is 1. The molecule has 1 N–H and O–H groups in total. The van der Waals surface area contributed by atoms with Crippen LogP contribution < -0.4 is 10.1 Å². The maximum absolute atomic E-state index is 12.5. The van der Waals surface area contributed by atoms with E-state index in [0.29, 0.717) is 35.8 Å². The lowest BCUT2D eigenvalue weighted by molar-refractivity contribution is -0.120. The van der Waals surface area contributed by atoms with E-state index in [9.17, 15) is 13.2 Å². The molecule has 0 aliphatic carbocycles. The second kappa shape index (κ2) is 7.69. The van der Waals surface area contributed by atoms with Crippen LogP contribution in [0.25, 0.3) is 0 Å². The third-order valence-corrected chi connectivity index (χ3v) is 6.10. The number of rotatable bonds is 5. The minimum absolute atomic E-state index is 0.162. The fourth-order valence-corrected chi connectivity index (χ4v) is 3.97. The van der Waals surface area contributed by atoms with Gasteiger partial charge in [0, 0.05) is 32.2 Å². The predicted octanol–water partition coefficient (Wildman–Crippen LogP) is 1.81. The number of anilines is 1. The van der Waals surface area contributed by atoms with Gasteiger partial charge in [0.15, 0.2) is 0 Å². The lowest BCUT2D eigenvalue weighted by Crippen LogP contribution is -2.47. The van der Waals surface area contributed by atoms with E-state index in [1.54, 1.807) is 18.2 Å². The van der Waals surface area contributed by atoms with Crippen molar-refractivity contribution in [2.24, 2.45) is 5.92 Å². The standard InChI is InChI=1S/C15H22ClN3O4S/c1-18(2)24(21,22)19-8-4-5-11(10-19)15(20)17-13-9-12(16)6-7-14(13)23-3/h6-7,9,11H,4-5,8,10H2,1-3H3,(H,17,20)/t11-/m0/s1. The second-order valence-electron chi connectivity index (χ2n) is 5.82. The number of halogens is 1. The fourth-order valence-electron chi connectivity index (χ4n) is 2.61. The monoisotopic (exact) mass is 375 g/mol. The van der Waals surface area contributed by atoms with Crippen LogP contribution in [0.5, 0.6) is 5.75 Å². The van der Waals surface area contributed by atoms with Gasteiger partial charge >= 0.3 is 0 Å². The number of ether oxygens (including phenoxy) is 1. The number of nitrogens with one attached hydrogen (secondary N) is 1. The summed E-state index contributed by atoms with van der Waals surface area (Å²) in [5.41, 5.74) is 0.475. The number of piperidine rings is 1. The Labute approximate surface area is 147 Å². The van der Waals surface area contributed by atoms with E-state index < -0.39 is 16.1 Å². The number of methoxy groups -OCH3 is 1. The number of carbonyl (C=O) groups excluding carboxylic acids is 1. The van der Waals surface area contributed by atoms with E-state index in [1.165, 1.54) is 25.5 Å². The topological polar surface area (TPSA) is 79.0 Å². The number of carbonyl (C=O) groups is 1. The van der Waals surface area contributed by atoms with Crippen LogP contribution in [0.1, 0.15) is 12.8 Å². The van der Waals surface area contributed by atoms with Gasteiger partial charge in [-0.05, 0) is 31.0 Å². The van der Waals surface area contributed by atoms with E-state index in [-0.39, 0.29) is 12.5 Å². The molecule has 1 amide bonds. The maximum atomic E-state index is 12.5. The van der Waals surface area contributed by atoms with Gasteiger partial charge < -0.3 is 10.1 Å². The Morgan fingerprint density at radius 3 is 2.75 bits per heavy atom. The van der Waals surface area contributed by atoms with Crippen LogP contribution >= 0.6 is 11.6 Å². The second-order valence-corrected chi connectivity index (χ2v) is 8.40. The lowest BCUT2D eigenvalue weighted by atomic mass is 9.98. The van der Waals surface area contributed by atoms with Gasteiger partial charge in [-0.2, -0.15) is 17.0 Å². The van der Waals surface area contributed by atoms with Gasteiger partial charge in [-0.15, -0.1) is 0 Å². The van der Waals surface area contributed by atoms with Crippen molar-refractivity contribution in [3.8, 4) is 5.75 Å². The summed E-state index contributed by atoms with van der Waals surface area (Å²) in [7, 11) is 0.951. The first-order valence-electron chi connectivity index (χ1n) is 7.57. The predicted molar refractivity (Wildman–Crippen MR) is 93.5 cm³/mol. The smallest absolute Gasteiger partial charge is 0.281 e. The molecular formula is C15H22ClN3O4S. The first-order valence-corrected chi connectivity index (χ1v) is 9.35. The van der Waals surface area contributed by atoms with Crippen molar-refractivity contribution in [3.63, 3.8) is 0 Å². The SMILES string of the molecule is COc1ccc(Cl)cc1NC(=O)[C@H]1CCCN(S(=O)(=O)N(C)C)C1. The zero-order valence-electron chi connectivity index (χ0n) is 14.0. The molecule has 2 rings (SSSR count). The summed E-state index contributed by atoms with van der Waals surface area (Å²) in [4.78, 5) is 12.5. The Morgan fingerprint density at radius 2 is 2.12 bits per heavy atom. The Morgan fingerprint density at radius 1 is 1.42 bits per heavy atom. The molecule has 0 bridgehead atoms. The first kappa shape index (κ1) is 19.0. The van der Waals surface area contributed by atoms with Gasteiger partial charge in [-0.25, -0.2) is 0 Å². The fraction of sp³-hybridized carbons (Fsp3) is 0.533. The Bertz CT molecular complexity index is 709. The minimum atomic E-state index is -3.52. The zero-order valence-corrected chi connectivity index (χ0v) is 15.5. The lowest BCUT2D eigenvalue weighted by Gasteiger charge is -2.32. The summed E-state index contributed by atoms with van der Waals surface area (Å²) in [5, 5.41) is 3.27. The molecule has 1 saturated heterocycles. The summed E-state index contributed by atoms with van der Waals surface area (Å²) < 4.78 is 32.2. The molecule has 1 fully saturated rings. The average molecular weight is 376 g/mol. The van der Waals surface area contributed by atoms with Crippen LogP contribution in [0.3, 0.4) is 0 Å². The molecule has 1 aromatic carbocycles. The van der Waals surface area contributed by atoms with Gasteiger partial charge in [-0.3, -0.25) is 4.79 Å². The third kappa shape index (κ3) is 4.18. The third-order valence-electron chi connectivity index (χ3n) is 3.96. The molecule has 1 atom stereocenters. The molecule has 0 spiro atoms. The van der Waals surface area contributed by atoms with Crippen molar-refractivity contribution in [1.29, 1.82) is 0 Å². The van der Waals surface area contributed by atoms with Gasteiger partial charge in [0.05, 0.1) is 18.7 Å². The van der Waals surface area contributed by atoms with Crippen molar-refractivity contribution in [2.45, 2.75) is 12.8 Å². The number of amides is 1. The summed E-state index contributed by atoms with van der Waals surface area (Å²) in [5.74, 6) is -0.160. The summed E-state index contributed by atoms with van der Waals surface area (Å²) >= 11 is 5.96. The van der Waals surface area contributed by atoms with Crippen molar-refractivity contribution in [1.82, 2.24) is 8.61 Å². The molecule has 0 saturated carbocycles. The largest absolute Gasteiger partial charge is 0.495 e. The van der Waals surface area contributed by atoms with Crippen LogP contribution in [0.2, 0.25) is 5.02 Å². The van der Waals surface area contributed by atoms with Crippen LogP contribution in [0, 0.1) is 5.92 Å². The highest BCUT2D eigenvalue weighted by molar-refractivity contribution is 7.86. The van der Waals surface area contributed by atoms with Gasteiger partial charge in [-0.1, -0.05) is 11.6 Å². The van der Waals surface area contributed by atoms with E-state index in [4.69, 9.17) is 16.3 Å². The van der Waals surface area contributed by atoms with Crippen molar-refractivity contribution in [3.05, 3.63) is 23.2 Å². The van der Waals surface area contributed by atoms with Gasteiger partial charge in [0.2, 0.25) is 5.91 Å². The van der Waals surface area contributed by atoms with E-state index in [1.807, 2.05) is 0 Å². The van der Waals surface area contributed by atoms with E-state index in [2.05, 4.69) is 5.32 Å². The van der Waals surface area contributed by atoms with Crippen LogP contribution in [0.4, 0.5) is 5.69 Å². The highest BCUT2D eigenvalue weighted by Gasteiger charge is 2.33. The minimum Gasteiger partial charge on any atom is -0.495 e. The quantitative estimate of drug-likeness (QED) is 0.851. The summed E-state index contributed by atoms with van der Waals surface area (Å²) in [6.07, 6.45) is 1.27. The van der Waals surface area contributed by atoms with Crippen molar-refractivity contribution in [2.75, 3.05) is 39.6 Å². The molecular weight excluding hydrogens is 354 g/mol. The molecule has 1 heterocycles. The molecule has 7 nitrogen and oxygen atoms in total. The van der Waals surface area contributed by atoms with Gasteiger partial charge in [0.25, 0.3) is 10.2 Å². The Balaban J connectivity index is 2.12. The molecule has 134 valence electrons. The molecule has 1 aliphatic rings. The Kier molecular flexibility index (Phi) is 6.08. The number of hydrogen-bond donors (Lipinski definition) is 1. The van der Waals surface area contributed by atoms with Crippen LogP contribution in [-0.4, -0.2) is 57.2 Å². The van der Waals surface area contributed by atoms with E-state index >= 15 is 0 Å². The van der Waals surface area contributed by atoms with E-state index in [0.717, 1.165) is 4.31 Å². The number of hydrogen-bond acceptors (Lipinski definition) is 4. The van der Waals surface area contributed by atoms with Crippen LogP contribution in [-0.2, 0) is 15.0 Å². The molecule has 0 aromatic heterocycles.